The zero-order valence-corrected chi connectivity index (χ0v) is 16.6. The zero-order valence-electron chi connectivity index (χ0n) is 14.3. The lowest BCUT2D eigenvalue weighted by Gasteiger charge is -2.22. The molecule has 1 rings (SSSR count). The number of nitrogens with two attached hydrogens (primary N) is 1. The molecule has 1 atom stereocenters. The Labute approximate surface area is 154 Å². The van der Waals surface area contributed by atoms with E-state index in [1.807, 2.05) is 0 Å². The lowest BCUT2D eigenvalue weighted by Crippen LogP contribution is -2.32. The van der Waals surface area contributed by atoms with E-state index in [2.05, 4.69) is 17.2 Å². The van der Waals surface area contributed by atoms with E-state index in [0.29, 0.717) is 12.1 Å². The second kappa shape index (κ2) is 15.8. The van der Waals surface area contributed by atoms with Gasteiger partial charge in [-0.15, -0.1) is 24.0 Å². The normalized spacial score (nSPS) is 18.8. The minimum atomic E-state index is 0. The molecule has 1 unspecified atom stereocenters. The highest BCUT2D eigenvalue weighted by Gasteiger charge is 2.12. The predicted molar refractivity (Wildman–Crippen MR) is 106 cm³/mol. The summed E-state index contributed by atoms with van der Waals surface area (Å²) in [6.07, 6.45) is 14.3. The highest BCUT2D eigenvalue weighted by Crippen LogP contribution is 2.16. The van der Waals surface area contributed by atoms with Crippen LogP contribution in [0.15, 0.2) is 4.99 Å². The highest BCUT2D eigenvalue weighted by atomic mass is 127. The first-order valence-electron chi connectivity index (χ1n) is 8.98. The van der Waals surface area contributed by atoms with Gasteiger partial charge in [0.2, 0.25) is 0 Å². The number of rotatable bonds is 11. The van der Waals surface area contributed by atoms with Crippen LogP contribution >= 0.6 is 24.0 Å². The predicted octanol–water partition coefficient (Wildman–Crippen LogP) is 4.22. The van der Waals surface area contributed by atoms with Crippen LogP contribution < -0.4 is 11.1 Å². The molecule has 1 heterocycles. The van der Waals surface area contributed by atoms with Crippen LogP contribution in [0.1, 0.15) is 77.6 Å². The number of aliphatic imine (C=N–C) groups is 1. The smallest absolute Gasteiger partial charge is 0.188 e. The van der Waals surface area contributed by atoms with Gasteiger partial charge in [0, 0.05) is 19.7 Å². The Bertz CT molecular complexity index is 269. The second-order valence-electron chi connectivity index (χ2n) is 6.09. The Balaban J connectivity index is 0.00000441. The van der Waals surface area contributed by atoms with Gasteiger partial charge < -0.3 is 15.8 Å². The van der Waals surface area contributed by atoms with Gasteiger partial charge in [0.15, 0.2) is 5.96 Å². The van der Waals surface area contributed by atoms with Gasteiger partial charge >= 0.3 is 0 Å². The molecule has 4 nitrogen and oxygen atoms in total. The molecule has 0 aromatic heterocycles. The number of unbranched alkanes of at least 4 members (excludes halogenated alkanes) is 5. The second-order valence-corrected chi connectivity index (χ2v) is 6.09. The largest absolute Gasteiger partial charge is 0.378 e. The number of ether oxygens (including phenoxy) is 1. The fourth-order valence-corrected chi connectivity index (χ4v) is 2.73. The van der Waals surface area contributed by atoms with E-state index in [0.717, 1.165) is 32.5 Å². The summed E-state index contributed by atoms with van der Waals surface area (Å²) in [7, 11) is 0. The number of hydrogen-bond donors (Lipinski definition) is 2. The van der Waals surface area contributed by atoms with Crippen LogP contribution in [0.4, 0.5) is 0 Å². The van der Waals surface area contributed by atoms with Crippen LogP contribution in [-0.4, -0.2) is 31.8 Å². The molecule has 0 aromatic rings. The molecule has 0 radical (unpaired) electrons. The number of guanidine groups is 1. The summed E-state index contributed by atoms with van der Waals surface area (Å²) < 4.78 is 5.71. The molecule has 3 N–H and O–H groups in total. The Kier molecular flexibility index (Phi) is 15.8. The van der Waals surface area contributed by atoms with Crippen LogP contribution in [0.5, 0.6) is 0 Å². The van der Waals surface area contributed by atoms with E-state index in [9.17, 15) is 0 Å². The molecule has 0 aliphatic carbocycles. The number of nitrogens with zero attached hydrogens (tertiary/aromatic N) is 1. The lowest BCUT2D eigenvalue weighted by atomic mass is 10.1. The summed E-state index contributed by atoms with van der Waals surface area (Å²) in [5.41, 5.74) is 5.86. The quantitative estimate of drug-likeness (QED) is 0.226. The van der Waals surface area contributed by atoms with E-state index in [1.165, 1.54) is 57.8 Å². The van der Waals surface area contributed by atoms with Crippen molar-refractivity contribution >= 4 is 29.9 Å². The van der Waals surface area contributed by atoms with Crippen molar-refractivity contribution in [2.24, 2.45) is 10.7 Å². The maximum atomic E-state index is 5.86. The molecule has 1 aliphatic rings. The molecule has 0 bridgehead atoms. The molecule has 5 heteroatoms. The van der Waals surface area contributed by atoms with Gasteiger partial charge in [-0.25, -0.2) is 0 Å². The van der Waals surface area contributed by atoms with Crippen LogP contribution in [-0.2, 0) is 4.74 Å². The van der Waals surface area contributed by atoms with Crippen molar-refractivity contribution in [2.75, 3.05) is 19.7 Å². The first-order chi connectivity index (χ1) is 10.3. The monoisotopic (exact) mass is 425 g/mol. The van der Waals surface area contributed by atoms with Gasteiger partial charge in [-0.2, -0.15) is 0 Å². The molecule has 1 aliphatic heterocycles. The summed E-state index contributed by atoms with van der Waals surface area (Å²) in [6, 6.07) is 0. The van der Waals surface area contributed by atoms with Crippen LogP contribution in [0.2, 0.25) is 0 Å². The van der Waals surface area contributed by atoms with Crippen molar-refractivity contribution in [3.05, 3.63) is 0 Å². The van der Waals surface area contributed by atoms with Gasteiger partial charge in [-0.05, 0) is 38.5 Å². The Morgan fingerprint density at radius 1 is 1.14 bits per heavy atom. The first kappa shape index (κ1) is 22.0. The average molecular weight is 425 g/mol. The van der Waals surface area contributed by atoms with Gasteiger partial charge in [-0.1, -0.05) is 39.0 Å². The minimum Gasteiger partial charge on any atom is -0.378 e. The van der Waals surface area contributed by atoms with Crippen LogP contribution in [0, 0.1) is 0 Å². The van der Waals surface area contributed by atoms with Crippen molar-refractivity contribution in [3.63, 3.8) is 0 Å². The third-order valence-electron chi connectivity index (χ3n) is 4.08. The molecule has 1 saturated heterocycles. The van der Waals surface area contributed by atoms with Crippen molar-refractivity contribution in [2.45, 2.75) is 83.7 Å². The fourth-order valence-electron chi connectivity index (χ4n) is 2.73. The molecule has 0 saturated carbocycles. The topological polar surface area (TPSA) is 59.6 Å². The van der Waals surface area contributed by atoms with Gasteiger partial charge in [-0.3, -0.25) is 4.99 Å². The summed E-state index contributed by atoms with van der Waals surface area (Å²) in [6.45, 7) is 4.96. The summed E-state index contributed by atoms with van der Waals surface area (Å²) in [4.78, 5) is 4.38. The Morgan fingerprint density at radius 2 is 1.91 bits per heavy atom. The molecule has 22 heavy (non-hydrogen) atoms. The molecular weight excluding hydrogens is 389 g/mol. The Hall–Kier alpha value is -0.0400. The first-order valence-corrected chi connectivity index (χ1v) is 8.98. The summed E-state index contributed by atoms with van der Waals surface area (Å²) in [5, 5.41) is 3.21. The average Bonchev–Trinajstić information content (AvgIpc) is 2.52. The van der Waals surface area contributed by atoms with Crippen molar-refractivity contribution in [3.8, 4) is 0 Å². The molecule has 0 spiro atoms. The van der Waals surface area contributed by atoms with Crippen LogP contribution in [0.25, 0.3) is 0 Å². The lowest BCUT2D eigenvalue weighted by molar-refractivity contribution is 0.0105. The van der Waals surface area contributed by atoms with Crippen LogP contribution in [0.3, 0.4) is 0 Å². The van der Waals surface area contributed by atoms with E-state index < -0.39 is 0 Å². The van der Waals surface area contributed by atoms with Crippen molar-refractivity contribution in [1.29, 1.82) is 0 Å². The summed E-state index contributed by atoms with van der Waals surface area (Å²) >= 11 is 0. The standard InChI is InChI=1S/C17H35N3O.HI/c1-2-3-4-5-6-8-13-19-17(18)20-14-10-12-16-11-7-9-15-21-16;/h16H,2-15H2,1H3,(H3,18,19,20);1H. The maximum Gasteiger partial charge on any atom is 0.188 e. The van der Waals surface area contributed by atoms with Gasteiger partial charge in [0.05, 0.1) is 6.10 Å². The molecule has 0 amide bonds. The third-order valence-corrected chi connectivity index (χ3v) is 4.08. The highest BCUT2D eigenvalue weighted by molar-refractivity contribution is 14.0. The van der Waals surface area contributed by atoms with E-state index in [1.54, 1.807) is 0 Å². The third kappa shape index (κ3) is 12.5. The maximum absolute atomic E-state index is 5.86. The molecule has 1 fully saturated rings. The number of nitrogens with one attached hydrogen (secondary N) is 1. The van der Waals surface area contributed by atoms with Crippen molar-refractivity contribution in [1.82, 2.24) is 5.32 Å². The molecule has 132 valence electrons. The van der Waals surface area contributed by atoms with Gasteiger partial charge in [0.25, 0.3) is 0 Å². The SMILES string of the molecule is CCCCCCCCNC(N)=NCCCC1CCCCO1.I. The van der Waals surface area contributed by atoms with Gasteiger partial charge in [0.1, 0.15) is 0 Å². The van der Waals surface area contributed by atoms with E-state index in [-0.39, 0.29) is 24.0 Å². The molecule has 0 aromatic carbocycles. The fraction of sp³-hybridized carbons (Fsp3) is 0.941. The van der Waals surface area contributed by atoms with E-state index in [4.69, 9.17) is 10.5 Å². The minimum absolute atomic E-state index is 0. The zero-order chi connectivity index (χ0) is 15.2. The van der Waals surface area contributed by atoms with Crippen molar-refractivity contribution < 1.29 is 4.74 Å². The number of halogens is 1. The Morgan fingerprint density at radius 3 is 2.64 bits per heavy atom. The van der Waals surface area contributed by atoms with E-state index >= 15 is 0 Å². The number of hydrogen-bond acceptors (Lipinski definition) is 2. The molecular formula is C17H36IN3O. The summed E-state index contributed by atoms with van der Waals surface area (Å²) in [5.74, 6) is 0.605.